The van der Waals surface area contributed by atoms with Gasteiger partial charge in [-0.25, -0.2) is 4.98 Å². The molecule has 0 bridgehead atoms. The molecule has 8 heteroatoms. The summed E-state index contributed by atoms with van der Waals surface area (Å²) in [5.74, 6) is -0.358. The third-order valence-corrected chi connectivity index (χ3v) is 2.70. The SMILES string of the molecule is FC(F)(F)Oc1ccc2[nH]c(Cl)nc2c1Br. The van der Waals surface area contributed by atoms with Gasteiger partial charge >= 0.3 is 6.36 Å². The maximum absolute atomic E-state index is 12.0. The van der Waals surface area contributed by atoms with Crippen molar-refractivity contribution >= 4 is 38.6 Å². The van der Waals surface area contributed by atoms with Crippen LogP contribution in [0.2, 0.25) is 5.28 Å². The van der Waals surface area contributed by atoms with E-state index in [1.807, 2.05) is 0 Å². The van der Waals surface area contributed by atoms with Gasteiger partial charge in [-0.2, -0.15) is 0 Å². The number of halogens is 5. The number of nitrogens with one attached hydrogen (secondary N) is 1. The van der Waals surface area contributed by atoms with E-state index in [-0.39, 0.29) is 21.0 Å². The summed E-state index contributed by atoms with van der Waals surface area (Å²) < 4.78 is 40.0. The third kappa shape index (κ3) is 2.25. The first kappa shape index (κ1) is 11.5. The van der Waals surface area contributed by atoms with Crippen LogP contribution in [0.15, 0.2) is 16.6 Å². The van der Waals surface area contributed by atoms with E-state index in [2.05, 4.69) is 30.6 Å². The Balaban J connectivity index is 2.52. The predicted molar refractivity (Wildman–Crippen MR) is 55.5 cm³/mol. The van der Waals surface area contributed by atoms with Crippen LogP contribution >= 0.6 is 27.5 Å². The number of ether oxygens (including phenoxy) is 1. The van der Waals surface area contributed by atoms with Crippen molar-refractivity contribution in [3.05, 3.63) is 21.9 Å². The summed E-state index contributed by atoms with van der Waals surface area (Å²) in [6.07, 6.45) is -4.74. The van der Waals surface area contributed by atoms with Gasteiger partial charge in [0.25, 0.3) is 0 Å². The van der Waals surface area contributed by atoms with Crippen LogP contribution in [0.5, 0.6) is 5.75 Å². The van der Waals surface area contributed by atoms with E-state index in [9.17, 15) is 13.2 Å². The molecule has 0 aliphatic carbocycles. The Kier molecular flexibility index (Phi) is 2.75. The zero-order chi connectivity index (χ0) is 11.9. The van der Waals surface area contributed by atoms with Crippen molar-refractivity contribution in [2.24, 2.45) is 0 Å². The van der Waals surface area contributed by atoms with E-state index in [1.165, 1.54) is 12.1 Å². The van der Waals surface area contributed by atoms with Crippen LogP contribution in [-0.2, 0) is 0 Å². The van der Waals surface area contributed by atoms with Crippen molar-refractivity contribution in [1.29, 1.82) is 0 Å². The molecule has 0 unspecified atom stereocenters. The number of H-pyrrole nitrogens is 1. The van der Waals surface area contributed by atoms with Crippen molar-refractivity contribution in [2.45, 2.75) is 6.36 Å². The summed E-state index contributed by atoms with van der Waals surface area (Å²) in [6.45, 7) is 0. The number of rotatable bonds is 1. The van der Waals surface area contributed by atoms with Crippen molar-refractivity contribution in [3.63, 3.8) is 0 Å². The lowest BCUT2D eigenvalue weighted by molar-refractivity contribution is -0.274. The average Bonchev–Trinajstić information content (AvgIpc) is 2.50. The molecule has 0 saturated carbocycles. The monoisotopic (exact) mass is 314 g/mol. The van der Waals surface area contributed by atoms with E-state index >= 15 is 0 Å². The number of hydrogen-bond donors (Lipinski definition) is 1. The molecule has 0 saturated heterocycles. The Morgan fingerprint density at radius 1 is 1.38 bits per heavy atom. The van der Waals surface area contributed by atoms with Gasteiger partial charge in [-0.3, -0.25) is 0 Å². The number of nitrogens with zero attached hydrogens (tertiary/aromatic N) is 1. The minimum atomic E-state index is -4.74. The zero-order valence-corrected chi connectivity index (χ0v) is 9.74. The normalized spacial score (nSPS) is 12.1. The molecule has 0 radical (unpaired) electrons. The second kappa shape index (κ2) is 3.81. The number of fused-ring (bicyclic) bond motifs is 1. The summed E-state index contributed by atoms with van der Waals surface area (Å²) in [7, 11) is 0. The average molecular weight is 315 g/mol. The Labute approximate surface area is 101 Å². The molecule has 0 aliphatic rings. The quantitative estimate of drug-likeness (QED) is 0.867. The Morgan fingerprint density at radius 3 is 2.69 bits per heavy atom. The van der Waals surface area contributed by atoms with E-state index in [0.29, 0.717) is 5.52 Å². The van der Waals surface area contributed by atoms with Crippen LogP contribution in [0.25, 0.3) is 11.0 Å². The van der Waals surface area contributed by atoms with Crippen LogP contribution in [0.1, 0.15) is 0 Å². The molecule has 1 heterocycles. The molecule has 3 nitrogen and oxygen atoms in total. The summed E-state index contributed by atoms with van der Waals surface area (Å²) in [4.78, 5) is 6.50. The predicted octanol–water partition coefficient (Wildman–Crippen LogP) is 3.88. The maximum atomic E-state index is 12.0. The molecule has 0 aliphatic heterocycles. The van der Waals surface area contributed by atoms with Crippen LogP contribution < -0.4 is 4.74 Å². The van der Waals surface area contributed by atoms with Crippen LogP contribution in [-0.4, -0.2) is 16.3 Å². The Hall–Kier alpha value is -0.950. The summed E-state index contributed by atoms with van der Waals surface area (Å²) in [5.41, 5.74) is 0.804. The lowest BCUT2D eigenvalue weighted by Crippen LogP contribution is -2.17. The van der Waals surface area contributed by atoms with Crippen molar-refractivity contribution in [3.8, 4) is 5.75 Å². The smallest absolute Gasteiger partial charge is 0.404 e. The van der Waals surface area contributed by atoms with E-state index < -0.39 is 6.36 Å². The molecule has 0 amide bonds. The number of benzene rings is 1. The van der Waals surface area contributed by atoms with E-state index in [0.717, 1.165) is 0 Å². The first-order valence-electron chi connectivity index (χ1n) is 3.96. The minimum Gasteiger partial charge on any atom is -0.404 e. The van der Waals surface area contributed by atoms with E-state index in [1.54, 1.807) is 0 Å². The van der Waals surface area contributed by atoms with Gasteiger partial charge in [0, 0.05) is 0 Å². The second-order valence-corrected chi connectivity index (χ2v) is 4.00. The minimum absolute atomic E-state index is 0.0971. The fourth-order valence-electron chi connectivity index (χ4n) is 1.20. The fourth-order valence-corrected chi connectivity index (χ4v) is 1.90. The van der Waals surface area contributed by atoms with Crippen LogP contribution in [0.4, 0.5) is 13.2 Å². The number of hydrogen-bond acceptors (Lipinski definition) is 2. The van der Waals surface area contributed by atoms with Gasteiger partial charge in [0.1, 0.15) is 11.3 Å². The molecule has 0 fully saturated rings. The first-order valence-corrected chi connectivity index (χ1v) is 5.13. The van der Waals surface area contributed by atoms with Crippen molar-refractivity contribution < 1.29 is 17.9 Å². The highest BCUT2D eigenvalue weighted by molar-refractivity contribution is 9.10. The van der Waals surface area contributed by atoms with Gasteiger partial charge < -0.3 is 9.72 Å². The number of aromatic amines is 1. The molecule has 16 heavy (non-hydrogen) atoms. The largest absolute Gasteiger partial charge is 0.573 e. The topological polar surface area (TPSA) is 37.9 Å². The van der Waals surface area contributed by atoms with Crippen molar-refractivity contribution in [1.82, 2.24) is 9.97 Å². The van der Waals surface area contributed by atoms with Crippen LogP contribution in [0, 0.1) is 0 Å². The summed E-state index contributed by atoms with van der Waals surface area (Å²) in [5, 5.41) is 0.0971. The first-order chi connectivity index (χ1) is 7.37. The molecule has 86 valence electrons. The highest BCUT2D eigenvalue weighted by atomic mass is 79.9. The molecular weight excluding hydrogens is 312 g/mol. The number of alkyl halides is 3. The van der Waals surface area contributed by atoms with Gasteiger partial charge in [0.15, 0.2) is 0 Å². The van der Waals surface area contributed by atoms with Crippen LogP contribution in [0.3, 0.4) is 0 Å². The molecular formula is C8H3BrClF3N2O. The van der Waals surface area contributed by atoms with E-state index in [4.69, 9.17) is 11.6 Å². The zero-order valence-electron chi connectivity index (χ0n) is 7.40. The molecule has 1 N–H and O–H groups in total. The highest BCUT2D eigenvalue weighted by Gasteiger charge is 2.32. The van der Waals surface area contributed by atoms with Gasteiger partial charge in [-0.15, -0.1) is 13.2 Å². The molecule has 1 aromatic carbocycles. The third-order valence-electron chi connectivity index (χ3n) is 1.75. The maximum Gasteiger partial charge on any atom is 0.573 e. The van der Waals surface area contributed by atoms with Gasteiger partial charge in [0.05, 0.1) is 9.99 Å². The molecule has 0 atom stereocenters. The van der Waals surface area contributed by atoms with Gasteiger partial charge in [-0.1, -0.05) is 0 Å². The fraction of sp³-hybridized carbons (Fsp3) is 0.125. The lowest BCUT2D eigenvalue weighted by Gasteiger charge is -2.10. The number of aromatic nitrogens is 2. The molecule has 2 aromatic rings. The Bertz CT molecular complexity index is 540. The molecule has 1 aromatic heterocycles. The summed E-state index contributed by atoms with van der Waals surface area (Å²) in [6, 6.07) is 2.58. The molecule has 0 spiro atoms. The standard InChI is InChI=1S/C8H3BrClF3N2O/c9-5-4(16-8(11,12)13)2-1-3-6(5)15-7(10)14-3/h1-2H,(H,14,15). The highest BCUT2D eigenvalue weighted by Crippen LogP contribution is 2.35. The Morgan fingerprint density at radius 2 is 2.06 bits per heavy atom. The van der Waals surface area contributed by atoms with Gasteiger partial charge in [-0.05, 0) is 39.7 Å². The second-order valence-electron chi connectivity index (χ2n) is 2.85. The van der Waals surface area contributed by atoms with Crippen molar-refractivity contribution in [2.75, 3.05) is 0 Å². The lowest BCUT2D eigenvalue weighted by atomic mass is 10.3. The van der Waals surface area contributed by atoms with Gasteiger partial charge in [0.2, 0.25) is 5.28 Å². The molecule has 2 rings (SSSR count). The number of imidazole rings is 1. The summed E-state index contributed by atoms with van der Waals surface area (Å²) >= 11 is 8.57.